The fourth-order valence-corrected chi connectivity index (χ4v) is 3.08. The number of halogens is 2. The van der Waals surface area contributed by atoms with E-state index in [1.807, 2.05) is 0 Å². The van der Waals surface area contributed by atoms with Gasteiger partial charge in [0.05, 0.1) is 17.0 Å². The molecule has 7 heteroatoms. The molecule has 1 amide bonds. The number of nitrogens with one attached hydrogen (secondary N) is 1. The molecule has 1 aromatic heterocycles. The topological polar surface area (TPSA) is 79.5 Å². The van der Waals surface area contributed by atoms with Gasteiger partial charge in [-0.05, 0) is 44.5 Å². The van der Waals surface area contributed by atoms with E-state index in [0.29, 0.717) is 11.6 Å². The van der Waals surface area contributed by atoms with Crippen molar-refractivity contribution in [1.29, 1.82) is 0 Å². The summed E-state index contributed by atoms with van der Waals surface area (Å²) in [6.07, 6.45) is -1.23. The van der Waals surface area contributed by atoms with Gasteiger partial charge in [0.2, 0.25) is 0 Å². The first-order valence-corrected chi connectivity index (χ1v) is 8.22. The average Bonchev–Trinajstić information content (AvgIpc) is 2.58. The van der Waals surface area contributed by atoms with E-state index < -0.39 is 23.8 Å². The summed E-state index contributed by atoms with van der Waals surface area (Å²) >= 11 is 0. The maximum absolute atomic E-state index is 14.3. The van der Waals surface area contributed by atoms with Crippen LogP contribution in [0.2, 0.25) is 0 Å². The van der Waals surface area contributed by atoms with Gasteiger partial charge in [0.15, 0.2) is 5.43 Å². The minimum atomic E-state index is -1.23. The van der Waals surface area contributed by atoms with E-state index in [0.717, 1.165) is 11.6 Å². The number of amides is 1. The fraction of sp³-hybridized carbons (Fsp3) is 0.200. The Morgan fingerprint density at radius 2 is 1.89 bits per heavy atom. The third-order valence-electron chi connectivity index (χ3n) is 4.37. The second-order valence-electron chi connectivity index (χ2n) is 6.41. The van der Waals surface area contributed by atoms with Crippen LogP contribution in [0.4, 0.5) is 13.6 Å². The summed E-state index contributed by atoms with van der Waals surface area (Å²) in [6.45, 7) is 4.89. The molecule has 0 saturated carbocycles. The van der Waals surface area contributed by atoms with Crippen LogP contribution in [0, 0.1) is 25.5 Å². The highest BCUT2D eigenvalue weighted by molar-refractivity contribution is 5.84. The number of hydrogen-bond donors (Lipinski definition) is 2. The smallest absolute Gasteiger partial charge is 0.405 e. The molecule has 3 aromatic rings. The Bertz CT molecular complexity index is 1120. The number of rotatable bonds is 3. The molecule has 1 heterocycles. The van der Waals surface area contributed by atoms with Crippen LogP contribution in [0.15, 0.2) is 39.5 Å². The highest BCUT2D eigenvalue weighted by Crippen LogP contribution is 2.32. The third-order valence-corrected chi connectivity index (χ3v) is 4.37. The van der Waals surface area contributed by atoms with Gasteiger partial charge >= 0.3 is 6.09 Å². The van der Waals surface area contributed by atoms with Crippen LogP contribution in [0.1, 0.15) is 29.7 Å². The molecule has 0 bridgehead atoms. The van der Waals surface area contributed by atoms with Crippen LogP contribution >= 0.6 is 0 Å². The summed E-state index contributed by atoms with van der Waals surface area (Å²) in [6, 6.07) is 5.66. The Kier molecular flexibility index (Phi) is 4.70. The maximum Gasteiger partial charge on any atom is 0.405 e. The molecule has 2 N–H and O–H groups in total. The predicted molar refractivity (Wildman–Crippen MR) is 96.9 cm³/mol. The van der Waals surface area contributed by atoms with Gasteiger partial charge in [0.25, 0.3) is 0 Å². The first kappa shape index (κ1) is 18.6. The molecular formula is C20H17F2NO4. The van der Waals surface area contributed by atoms with Crippen molar-refractivity contribution in [3.05, 3.63) is 68.9 Å². The average molecular weight is 373 g/mol. The molecule has 1 atom stereocenters. The third kappa shape index (κ3) is 3.40. The lowest BCUT2D eigenvalue weighted by Gasteiger charge is -2.16. The number of carboxylic acid groups (broad SMARTS) is 1. The highest BCUT2D eigenvalue weighted by atomic mass is 19.1. The van der Waals surface area contributed by atoms with Crippen LogP contribution < -0.4 is 10.7 Å². The molecule has 0 saturated heterocycles. The molecule has 0 unspecified atom stereocenters. The van der Waals surface area contributed by atoms with E-state index in [2.05, 4.69) is 5.32 Å². The van der Waals surface area contributed by atoms with E-state index in [-0.39, 0.29) is 33.3 Å². The second kappa shape index (κ2) is 6.83. The summed E-state index contributed by atoms with van der Waals surface area (Å²) in [5.74, 6) is -1.61. The Labute approximate surface area is 153 Å². The molecule has 0 radical (unpaired) electrons. The van der Waals surface area contributed by atoms with Crippen LogP contribution in [0.25, 0.3) is 22.3 Å². The lowest BCUT2D eigenvalue weighted by atomic mass is 9.99. The van der Waals surface area contributed by atoms with Gasteiger partial charge in [-0.25, -0.2) is 13.6 Å². The minimum absolute atomic E-state index is 0.0161. The van der Waals surface area contributed by atoms with E-state index >= 15 is 0 Å². The normalized spacial score (nSPS) is 12.2. The molecule has 140 valence electrons. The van der Waals surface area contributed by atoms with Crippen LogP contribution in [0.5, 0.6) is 0 Å². The monoisotopic (exact) mass is 373 g/mol. The highest BCUT2D eigenvalue weighted by Gasteiger charge is 2.21. The Morgan fingerprint density at radius 3 is 2.52 bits per heavy atom. The van der Waals surface area contributed by atoms with E-state index in [9.17, 15) is 18.4 Å². The van der Waals surface area contributed by atoms with E-state index in [1.165, 1.54) is 13.0 Å². The zero-order valence-corrected chi connectivity index (χ0v) is 14.9. The number of carbonyl (C=O) groups is 1. The largest absolute Gasteiger partial charge is 0.465 e. The number of fused-ring (bicyclic) bond motifs is 1. The van der Waals surface area contributed by atoms with Crippen LogP contribution in [0.3, 0.4) is 0 Å². The maximum atomic E-state index is 14.3. The van der Waals surface area contributed by atoms with Gasteiger partial charge in [0, 0.05) is 17.2 Å². The molecule has 27 heavy (non-hydrogen) atoms. The molecule has 5 nitrogen and oxygen atoms in total. The Hall–Kier alpha value is -3.22. The number of aryl methyl sites for hydroxylation is 1. The summed E-state index contributed by atoms with van der Waals surface area (Å²) in [7, 11) is 0. The molecule has 2 aromatic carbocycles. The van der Waals surface area contributed by atoms with Gasteiger partial charge in [-0.15, -0.1) is 0 Å². The quantitative estimate of drug-likeness (QED) is 0.698. The first-order valence-electron chi connectivity index (χ1n) is 8.22. The SMILES string of the molecule is Cc1cc([C@@H](C)NC(=O)O)c2oc(-c3ccc(F)cc3F)c(C)c(=O)c2c1. The molecule has 0 aliphatic heterocycles. The van der Waals surface area contributed by atoms with Crippen molar-refractivity contribution in [3.63, 3.8) is 0 Å². The molecular weight excluding hydrogens is 356 g/mol. The molecule has 0 fully saturated rings. The summed E-state index contributed by atoms with van der Waals surface area (Å²) in [5.41, 5.74) is 1.15. The van der Waals surface area contributed by atoms with Crippen molar-refractivity contribution in [1.82, 2.24) is 5.32 Å². The van der Waals surface area contributed by atoms with Crippen molar-refractivity contribution in [3.8, 4) is 11.3 Å². The Morgan fingerprint density at radius 1 is 1.19 bits per heavy atom. The van der Waals surface area contributed by atoms with Gasteiger partial charge in [0.1, 0.15) is 23.0 Å². The van der Waals surface area contributed by atoms with Gasteiger partial charge in [-0.2, -0.15) is 0 Å². The standard InChI is InChI=1S/C20H17F2NO4/c1-9-6-14(11(3)23-20(25)26)19-15(7-9)17(24)10(2)18(27-19)13-5-4-12(21)8-16(13)22/h4-8,11,23H,1-3H3,(H,25,26)/t11-/m1/s1. The van der Waals surface area contributed by atoms with Gasteiger partial charge in [-0.3, -0.25) is 4.79 Å². The minimum Gasteiger partial charge on any atom is -0.465 e. The van der Waals surface area contributed by atoms with Crippen LogP contribution in [-0.2, 0) is 0 Å². The molecule has 3 rings (SSSR count). The number of hydrogen-bond acceptors (Lipinski definition) is 3. The van der Waals surface area contributed by atoms with Gasteiger partial charge < -0.3 is 14.8 Å². The number of benzene rings is 2. The fourth-order valence-electron chi connectivity index (χ4n) is 3.08. The van der Waals surface area contributed by atoms with Crippen molar-refractivity contribution in [2.45, 2.75) is 26.8 Å². The zero-order valence-electron chi connectivity index (χ0n) is 14.9. The summed E-state index contributed by atoms with van der Waals surface area (Å²) in [5, 5.41) is 11.6. The van der Waals surface area contributed by atoms with Crippen molar-refractivity contribution in [2.24, 2.45) is 0 Å². The first-order chi connectivity index (χ1) is 12.7. The summed E-state index contributed by atoms with van der Waals surface area (Å²) in [4.78, 5) is 23.9. The molecule has 0 aliphatic rings. The zero-order chi connectivity index (χ0) is 19.9. The lowest BCUT2D eigenvalue weighted by Crippen LogP contribution is -2.25. The molecule has 0 spiro atoms. The summed E-state index contributed by atoms with van der Waals surface area (Å²) < 4.78 is 33.4. The van der Waals surface area contributed by atoms with Crippen molar-refractivity contribution in [2.75, 3.05) is 0 Å². The second-order valence-corrected chi connectivity index (χ2v) is 6.41. The van der Waals surface area contributed by atoms with Crippen molar-refractivity contribution >= 4 is 17.1 Å². The van der Waals surface area contributed by atoms with Crippen molar-refractivity contribution < 1.29 is 23.1 Å². The van der Waals surface area contributed by atoms with E-state index in [4.69, 9.17) is 9.52 Å². The Balaban J connectivity index is 2.35. The van der Waals surface area contributed by atoms with Gasteiger partial charge in [-0.1, -0.05) is 6.07 Å². The lowest BCUT2D eigenvalue weighted by molar-refractivity contribution is 0.191. The predicted octanol–water partition coefficient (Wildman–Crippen LogP) is 4.68. The molecule has 0 aliphatic carbocycles. The van der Waals surface area contributed by atoms with Crippen LogP contribution in [-0.4, -0.2) is 11.2 Å². The van der Waals surface area contributed by atoms with E-state index in [1.54, 1.807) is 26.0 Å².